The molecule has 0 saturated carbocycles. The van der Waals surface area contributed by atoms with Crippen LogP contribution in [0.2, 0.25) is 0 Å². The summed E-state index contributed by atoms with van der Waals surface area (Å²) in [4.78, 5) is 3.61. The highest BCUT2D eigenvalue weighted by Gasteiger charge is 2.27. The first-order valence-electron chi connectivity index (χ1n) is 12.2. The van der Waals surface area contributed by atoms with Crippen molar-refractivity contribution in [2.45, 2.75) is 136 Å². The Hall–Kier alpha value is -0.790. The first-order valence-corrected chi connectivity index (χ1v) is 12.2. The lowest BCUT2D eigenvalue weighted by atomic mass is 9.89. The molecule has 0 bridgehead atoms. The van der Waals surface area contributed by atoms with Gasteiger partial charge in [0.25, 0.3) is 5.82 Å². The van der Waals surface area contributed by atoms with Crippen LogP contribution in [0.4, 0.5) is 0 Å². The Kier molecular flexibility index (Phi) is 13.6. The molecule has 0 aliphatic carbocycles. The van der Waals surface area contributed by atoms with Crippen LogP contribution in [0.1, 0.15) is 142 Å². The number of H-pyrrole nitrogens is 1. The summed E-state index contributed by atoms with van der Waals surface area (Å²) in [6.45, 7) is 11.8. The molecule has 0 saturated heterocycles. The molecule has 1 aromatic heterocycles. The Labute approximate surface area is 170 Å². The monoisotopic (exact) mass is 377 g/mol. The normalized spacial score (nSPS) is 14.0. The Bertz CT molecular complexity index is 449. The second-order valence-corrected chi connectivity index (χ2v) is 9.07. The first-order chi connectivity index (χ1) is 13.1. The van der Waals surface area contributed by atoms with Gasteiger partial charge in [0.15, 0.2) is 0 Å². The lowest BCUT2D eigenvalue weighted by Gasteiger charge is -2.20. The number of aromatic nitrogens is 2. The summed E-state index contributed by atoms with van der Waals surface area (Å²) in [6, 6.07) is 0.614. The largest absolute Gasteiger partial charge is 0.257 e. The zero-order valence-corrected chi connectivity index (χ0v) is 19.2. The fraction of sp³-hybridized carbons (Fsp3) is 0.880. The van der Waals surface area contributed by atoms with Crippen molar-refractivity contribution in [1.29, 1.82) is 0 Å². The predicted molar refractivity (Wildman–Crippen MR) is 119 cm³/mol. The maximum atomic E-state index is 3.61. The minimum absolute atomic E-state index is 0.614. The van der Waals surface area contributed by atoms with Gasteiger partial charge in [-0.05, 0) is 32.1 Å². The summed E-state index contributed by atoms with van der Waals surface area (Å²) < 4.78 is 2.54. The predicted octanol–water partition coefficient (Wildman–Crippen LogP) is 8.10. The molecular formula is C25H49N2+. The molecule has 2 nitrogen and oxygen atoms in total. The summed E-state index contributed by atoms with van der Waals surface area (Å²) in [6.07, 6.45) is 23.8. The third-order valence-corrected chi connectivity index (χ3v) is 6.22. The molecule has 0 spiro atoms. The van der Waals surface area contributed by atoms with E-state index in [0.29, 0.717) is 17.9 Å². The van der Waals surface area contributed by atoms with Crippen LogP contribution >= 0.6 is 0 Å². The highest BCUT2D eigenvalue weighted by Crippen LogP contribution is 2.28. The maximum Gasteiger partial charge on any atom is 0.257 e. The van der Waals surface area contributed by atoms with E-state index in [1.807, 2.05) is 0 Å². The summed E-state index contributed by atoms with van der Waals surface area (Å²) >= 11 is 0. The molecule has 27 heavy (non-hydrogen) atoms. The summed E-state index contributed by atoms with van der Waals surface area (Å²) in [7, 11) is 0. The molecule has 1 N–H and O–H groups in total. The van der Waals surface area contributed by atoms with Gasteiger partial charge in [-0.2, -0.15) is 0 Å². The molecule has 158 valence electrons. The van der Waals surface area contributed by atoms with E-state index < -0.39 is 0 Å². The van der Waals surface area contributed by atoms with Gasteiger partial charge in [0, 0.05) is 0 Å². The van der Waals surface area contributed by atoms with Gasteiger partial charge in [0.1, 0.15) is 12.4 Å². The van der Waals surface area contributed by atoms with Gasteiger partial charge in [-0.1, -0.05) is 98.3 Å². The molecule has 0 amide bonds. The van der Waals surface area contributed by atoms with Crippen LogP contribution in [0.5, 0.6) is 0 Å². The van der Waals surface area contributed by atoms with Crippen LogP contribution in [0.25, 0.3) is 0 Å². The van der Waals surface area contributed by atoms with E-state index >= 15 is 0 Å². The van der Waals surface area contributed by atoms with Crippen molar-refractivity contribution in [1.82, 2.24) is 4.98 Å². The molecule has 2 unspecified atom stereocenters. The fourth-order valence-electron chi connectivity index (χ4n) is 4.33. The number of aromatic amines is 1. The maximum absolute atomic E-state index is 3.61. The number of nitrogens with zero attached hydrogens (tertiary/aromatic N) is 1. The van der Waals surface area contributed by atoms with Crippen LogP contribution in [0.15, 0.2) is 12.4 Å². The third-order valence-electron chi connectivity index (χ3n) is 6.22. The first kappa shape index (κ1) is 24.2. The van der Waals surface area contributed by atoms with E-state index in [-0.39, 0.29) is 0 Å². The molecule has 1 rings (SSSR count). The van der Waals surface area contributed by atoms with Crippen LogP contribution in [-0.4, -0.2) is 4.98 Å². The van der Waals surface area contributed by atoms with Gasteiger partial charge < -0.3 is 0 Å². The number of nitrogens with one attached hydrogen (secondary N) is 1. The van der Waals surface area contributed by atoms with E-state index in [1.165, 1.54) is 95.7 Å². The van der Waals surface area contributed by atoms with E-state index in [1.54, 1.807) is 0 Å². The van der Waals surface area contributed by atoms with Crippen molar-refractivity contribution in [3.05, 3.63) is 18.2 Å². The number of imidazole rings is 1. The summed E-state index contributed by atoms with van der Waals surface area (Å²) in [5, 5.41) is 0. The summed E-state index contributed by atoms with van der Waals surface area (Å²) in [5.41, 5.74) is 0. The minimum Gasteiger partial charge on any atom is -0.247 e. The average molecular weight is 378 g/mol. The molecule has 0 fully saturated rings. The standard InChI is InChI=1S/C25H48N2/c1-6-8-10-12-13-14-15-17-19-24(22(3)4)25-26-20-21-27(25)23(5)18-16-11-9-7-2/h20-24H,6-19H2,1-5H3/p+1. The number of hydrogen-bond donors (Lipinski definition) is 1. The second-order valence-electron chi connectivity index (χ2n) is 9.07. The highest BCUT2D eigenvalue weighted by atomic mass is 15.1. The zero-order valence-electron chi connectivity index (χ0n) is 19.2. The van der Waals surface area contributed by atoms with E-state index in [4.69, 9.17) is 0 Å². The molecule has 2 atom stereocenters. The molecular weight excluding hydrogens is 328 g/mol. The molecule has 0 aliphatic rings. The van der Waals surface area contributed by atoms with Gasteiger partial charge in [-0.15, -0.1) is 0 Å². The van der Waals surface area contributed by atoms with Crippen LogP contribution < -0.4 is 4.57 Å². The topological polar surface area (TPSA) is 19.7 Å². The van der Waals surface area contributed by atoms with Crippen LogP contribution in [0.3, 0.4) is 0 Å². The molecule has 0 radical (unpaired) electrons. The lowest BCUT2D eigenvalue weighted by Crippen LogP contribution is -2.41. The van der Waals surface area contributed by atoms with Crippen molar-refractivity contribution < 1.29 is 4.57 Å². The fourth-order valence-corrected chi connectivity index (χ4v) is 4.33. The van der Waals surface area contributed by atoms with Crippen molar-refractivity contribution in [2.75, 3.05) is 0 Å². The Morgan fingerprint density at radius 3 is 1.85 bits per heavy atom. The van der Waals surface area contributed by atoms with E-state index in [9.17, 15) is 0 Å². The SMILES string of the molecule is CCCCCCCCCCC(c1[nH]cc[n+]1C(C)CCCCCC)C(C)C. The molecule has 0 aliphatic heterocycles. The van der Waals surface area contributed by atoms with Gasteiger partial charge in [-0.25, -0.2) is 9.55 Å². The van der Waals surface area contributed by atoms with Crippen molar-refractivity contribution in [3.8, 4) is 0 Å². The third kappa shape index (κ3) is 9.81. The van der Waals surface area contributed by atoms with Gasteiger partial charge in [0.05, 0.1) is 12.0 Å². The average Bonchev–Trinajstić information content (AvgIpc) is 3.13. The Balaban J connectivity index is 2.45. The quantitative estimate of drug-likeness (QED) is 0.209. The van der Waals surface area contributed by atoms with Crippen molar-refractivity contribution >= 4 is 0 Å². The minimum atomic E-state index is 0.614. The molecule has 2 heteroatoms. The van der Waals surface area contributed by atoms with Crippen LogP contribution in [-0.2, 0) is 0 Å². The van der Waals surface area contributed by atoms with E-state index in [0.717, 1.165) is 0 Å². The lowest BCUT2D eigenvalue weighted by molar-refractivity contribution is -0.727. The molecule has 0 aromatic carbocycles. The van der Waals surface area contributed by atoms with Crippen molar-refractivity contribution in [3.63, 3.8) is 0 Å². The Morgan fingerprint density at radius 2 is 1.26 bits per heavy atom. The van der Waals surface area contributed by atoms with E-state index in [2.05, 4.69) is 56.6 Å². The van der Waals surface area contributed by atoms with Gasteiger partial charge in [-0.3, -0.25) is 0 Å². The van der Waals surface area contributed by atoms with Crippen LogP contribution in [0, 0.1) is 5.92 Å². The molecule has 1 aromatic rings. The molecule has 1 heterocycles. The smallest absolute Gasteiger partial charge is 0.247 e. The Morgan fingerprint density at radius 1 is 0.741 bits per heavy atom. The zero-order chi connectivity index (χ0) is 19.9. The number of hydrogen-bond acceptors (Lipinski definition) is 0. The highest BCUT2D eigenvalue weighted by molar-refractivity contribution is 4.92. The number of rotatable bonds is 17. The van der Waals surface area contributed by atoms with Gasteiger partial charge in [0.2, 0.25) is 0 Å². The van der Waals surface area contributed by atoms with Crippen molar-refractivity contribution in [2.24, 2.45) is 5.92 Å². The number of unbranched alkanes of at least 4 members (excludes halogenated alkanes) is 10. The van der Waals surface area contributed by atoms with Gasteiger partial charge >= 0.3 is 0 Å². The summed E-state index contributed by atoms with van der Waals surface area (Å²) in [5.74, 6) is 2.83. The second kappa shape index (κ2) is 15.2.